The molecule has 3 heterocycles. The third-order valence-electron chi connectivity index (χ3n) is 2.67. The molecule has 0 N–H and O–H groups in total. The van der Waals surface area contributed by atoms with E-state index in [1.165, 1.54) is 18.6 Å². The summed E-state index contributed by atoms with van der Waals surface area (Å²) in [5.41, 5.74) is 0. The Labute approximate surface area is 114 Å². The lowest BCUT2D eigenvalue weighted by molar-refractivity contribution is 0.387. The number of hydrogen-bond acceptors (Lipinski definition) is 7. The fourth-order valence-corrected chi connectivity index (χ4v) is 3.10. The second-order valence-electron chi connectivity index (χ2n) is 4.09. The molecule has 0 radical (unpaired) electrons. The molecule has 0 saturated carbocycles. The van der Waals surface area contributed by atoms with E-state index in [-0.39, 0.29) is 22.4 Å². The highest BCUT2D eigenvalue weighted by molar-refractivity contribution is 7.90. The summed E-state index contributed by atoms with van der Waals surface area (Å²) < 4.78 is 39.4. The van der Waals surface area contributed by atoms with E-state index in [2.05, 4.69) is 10.1 Å². The molecular formula is C12H10N2O5S. The third-order valence-corrected chi connectivity index (χ3v) is 4.39. The zero-order chi connectivity index (χ0) is 14.2. The number of hydrogen-bond donors (Lipinski definition) is 0. The van der Waals surface area contributed by atoms with Gasteiger partial charge in [-0.3, -0.25) is 0 Å². The number of nitrogens with zero attached hydrogens (tertiary/aromatic N) is 2. The second kappa shape index (κ2) is 4.64. The third kappa shape index (κ3) is 2.25. The highest BCUT2D eigenvalue weighted by Gasteiger charge is 2.23. The van der Waals surface area contributed by atoms with E-state index in [0.29, 0.717) is 11.5 Å². The van der Waals surface area contributed by atoms with E-state index in [4.69, 9.17) is 13.4 Å². The zero-order valence-electron chi connectivity index (χ0n) is 10.4. The van der Waals surface area contributed by atoms with Crippen molar-refractivity contribution in [3.05, 3.63) is 42.4 Å². The quantitative estimate of drug-likeness (QED) is 0.727. The minimum absolute atomic E-state index is 0.00278. The predicted molar refractivity (Wildman–Crippen MR) is 66.3 cm³/mol. The van der Waals surface area contributed by atoms with E-state index in [0.717, 1.165) is 0 Å². The maximum atomic E-state index is 12.2. The molecule has 104 valence electrons. The Bertz CT molecular complexity index is 814. The van der Waals surface area contributed by atoms with Gasteiger partial charge in [-0.25, -0.2) is 8.42 Å². The van der Waals surface area contributed by atoms with Gasteiger partial charge in [0.2, 0.25) is 11.7 Å². The first-order chi connectivity index (χ1) is 9.56. The van der Waals surface area contributed by atoms with Crippen molar-refractivity contribution in [2.75, 3.05) is 0 Å². The van der Waals surface area contributed by atoms with Crippen LogP contribution in [-0.2, 0) is 15.6 Å². The van der Waals surface area contributed by atoms with E-state index < -0.39 is 9.84 Å². The summed E-state index contributed by atoms with van der Waals surface area (Å²) in [6, 6.07) is 4.73. The van der Waals surface area contributed by atoms with Crippen molar-refractivity contribution in [3.8, 4) is 11.6 Å². The summed E-state index contributed by atoms with van der Waals surface area (Å²) >= 11 is 0. The molecule has 0 spiro atoms. The molecule has 0 saturated heterocycles. The van der Waals surface area contributed by atoms with Crippen molar-refractivity contribution < 1.29 is 21.8 Å². The van der Waals surface area contributed by atoms with Crippen molar-refractivity contribution >= 4 is 9.84 Å². The van der Waals surface area contributed by atoms with Gasteiger partial charge in [0.15, 0.2) is 15.6 Å². The maximum Gasteiger partial charge on any atom is 0.242 e. The number of furan rings is 2. The summed E-state index contributed by atoms with van der Waals surface area (Å²) in [6.45, 7) is 1.58. The van der Waals surface area contributed by atoms with E-state index in [1.54, 1.807) is 19.1 Å². The van der Waals surface area contributed by atoms with Crippen LogP contribution in [0.4, 0.5) is 0 Å². The van der Waals surface area contributed by atoms with Crippen LogP contribution in [0.3, 0.4) is 0 Å². The summed E-state index contributed by atoms with van der Waals surface area (Å²) in [4.78, 5) is 4.12. The summed E-state index contributed by atoms with van der Waals surface area (Å²) in [5.74, 6) is 0.565. The lowest BCUT2D eigenvalue weighted by atomic mass is 10.4. The SMILES string of the molecule is Cc1occc1S(=O)(=O)Cc1nc(-c2ccco2)no1. The average Bonchev–Trinajstić information content (AvgIpc) is 3.06. The Morgan fingerprint density at radius 2 is 2.05 bits per heavy atom. The van der Waals surface area contributed by atoms with Crippen molar-refractivity contribution in [1.29, 1.82) is 0 Å². The molecule has 3 rings (SSSR count). The van der Waals surface area contributed by atoms with Crippen LogP contribution in [0.1, 0.15) is 11.7 Å². The van der Waals surface area contributed by atoms with Gasteiger partial charge in [-0.1, -0.05) is 5.16 Å². The monoisotopic (exact) mass is 294 g/mol. The Kier molecular flexibility index (Phi) is 2.94. The molecule has 0 aliphatic carbocycles. The van der Waals surface area contributed by atoms with E-state index >= 15 is 0 Å². The van der Waals surface area contributed by atoms with Gasteiger partial charge in [-0.15, -0.1) is 0 Å². The number of aromatic nitrogens is 2. The second-order valence-corrected chi connectivity index (χ2v) is 6.05. The van der Waals surface area contributed by atoms with Crippen LogP contribution in [-0.4, -0.2) is 18.6 Å². The standard InChI is InChI=1S/C12H10N2O5S/c1-8-10(4-6-17-8)20(15,16)7-11-13-12(14-19-11)9-3-2-5-18-9/h2-6H,7H2,1H3. The molecule has 0 aliphatic heterocycles. The number of sulfone groups is 1. The Morgan fingerprint density at radius 1 is 1.20 bits per heavy atom. The summed E-state index contributed by atoms with van der Waals surface area (Å²) in [6.07, 6.45) is 2.79. The lowest BCUT2D eigenvalue weighted by Crippen LogP contribution is -2.05. The van der Waals surface area contributed by atoms with Crippen molar-refractivity contribution in [1.82, 2.24) is 10.1 Å². The van der Waals surface area contributed by atoms with E-state index in [1.807, 2.05) is 0 Å². The topological polar surface area (TPSA) is 99.3 Å². The zero-order valence-corrected chi connectivity index (χ0v) is 11.3. The minimum atomic E-state index is -3.58. The first kappa shape index (κ1) is 12.7. The fourth-order valence-electron chi connectivity index (χ4n) is 1.76. The molecule has 7 nitrogen and oxygen atoms in total. The highest BCUT2D eigenvalue weighted by Crippen LogP contribution is 2.22. The van der Waals surface area contributed by atoms with Crippen LogP contribution >= 0.6 is 0 Å². The Hall–Kier alpha value is -2.35. The number of aryl methyl sites for hydroxylation is 1. The largest absolute Gasteiger partial charge is 0.468 e. The lowest BCUT2D eigenvalue weighted by Gasteiger charge is -1.98. The molecule has 0 atom stereocenters. The predicted octanol–water partition coefficient (Wildman–Crippen LogP) is 2.20. The smallest absolute Gasteiger partial charge is 0.242 e. The molecule has 3 aromatic heterocycles. The van der Waals surface area contributed by atoms with Gasteiger partial charge in [0.25, 0.3) is 0 Å². The van der Waals surface area contributed by atoms with Crippen LogP contribution in [0.5, 0.6) is 0 Å². The average molecular weight is 294 g/mol. The molecule has 0 amide bonds. The molecule has 0 unspecified atom stereocenters. The van der Waals surface area contributed by atoms with Gasteiger partial charge >= 0.3 is 0 Å². The van der Waals surface area contributed by atoms with Crippen molar-refractivity contribution in [3.63, 3.8) is 0 Å². The molecule has 8 heteroatoms. The Balaban J connectivity index is 1.87. The summed E-state index contributed by atoms with van der Waals surface area (Å²) in [5, 5.41) is 3.68. The molecule has 0 aromatic carbocycles. The first-order valence-corrected chi connectivity index (χ1v) is 7.35. The maximum absolute atomic E-state index is 12.2. The van der Waals surface area contributed by atoms with Crippen LogP contribution in [0.25, 0.3) is 11.6 Å². The van der Waals surface area contributed by atoms with E-state index in [9.17, 15) is 8.42 Å². The first-order valence-electron chi connectivity index (χ1n) is 5.69. The van der Waals surface area contributed by atoms with Crippen molar-refractivity contribution in [2.24, 2.45) is 0 Å². The van der Waals surface area contributed by atoms with Crippen LogP contribution in [0.2, 0.25) is 0 Å². The van der Waals surface area contributed by atoms with Gasteiger partial charge in [0.1, 0.15) is 16.4 Å². The minimum Gasteiger partial charge on any atom is -0.468 e. The van der Waals surface area contributed by atoms with Gasteiger partial charge in [0, 0.05) is 0 Å². The van der Waals surface area contributed by atoms with Gasteiger partial charge < -0.3 is 13.4 Å². The molecular weight excluding hydrogens is 284 g/mol. The fraction of sp³-hybridized carbons (Fsp3) is 0.167. The normalized spacial score (nSPS) is 11.8. The summed E-state index contributed by atoms with van der Waals surface area (Å²) in [7, 11) is -3.58. The highest BCUT2D eigenvalue weighted by atomic mass is 32.2. The Morgan fingerprint density at radius 3 is 2.70 bits per heavy atom. The van der Waals surface area contributed by atoms with Gasteiger partial charge in [-0.05, 0) is 25.1 Å². The molecule has 0 aliphatic rings. The number of rotatable bonds is 4. The molecule has 0 fully saturated rings. The van der Waals surface area contributed by atoms with Gasteiger partial charge in [-0.2, -0.15) is 4.98 Å². The van der Waals surface area contributed by atoms with Crippen LogP contribution in [0, 0.1) is 6.92 Å². The van der Waals surface area contributed by atoms with Gasteiger partial charge in [0.05, 0.1) is 12.5 Å². The van der Waals surface area contributed by atoms with Crippen molar-refractivity contribution in [2.45, 2.75) is 17.6 Å². The van der Waals surface area contributed by atoms with Crippen LogP contribution in [0.15, 0.2) is 49.0 Å². The molecule has 3 aromatic rings. The molecule has 0 bridgehead atoms. The van der Waals surface area contributed by atoms with Crippen LogP contribution < -0.4 is 0 Å². The molecule has 20 heavy (non-hydrogen) atoms.